The fourth-order valence-corrected chi connectivity index (χ4v) is 3.18. The zero-order chi connectivity index (χ0) is 19.2. The molecule has 0 spiro atoms. The fraction of sp³-hybridized carbons (Fsp3) is 0.300. The van der Waals surface area contributed by atoms with Gasteiger partial charge >= 0.3 is 0 Å². The van der Waals surface area contributed by atoms with Gasteiger partial charge in [-0.2, -0.15) is 0 Å². The number of nitrogens with zero attached hydrogens (tertiary/aromatic N) is 1. The van der Waals surface area contributed by atoms with Gasteiger partial charge in [-0.15, -0.1) is 0 Å². The standard InChI is InChI=1S/C20H20ClFN2O3/c21-17-12-15(22)6-7-18(17)27-13-19(25)24-10-8-16(9-11-24)23-20(26)14-4-2-1-3-5-14/h1-7,12,16H,8-11,13H2,(H,23,26). The van der Waals surface area contributed by atoms with E-state index in [0.29, 0.717) is 31.5 Å². The third kappa shape index (κ3) is 5.20. The van der Waals surface area contributed by atoms with Crippen LogP contribution in [0.2, 0.25) is 5.02 Å². The lowest BCUT2D eigenvalue weighted by atomic mass is 10.0. The van der Waals surface area contributed by atoms with E-state index in [1.165, 1.54) is 12.1 Å². The molecule has 2 aromatic rings. The Hall–Kier alpha value is -2.60. The molecule has 142 valence electrons. The number of amides is 2. The Morgan fingerprint density at radius 1 is 1.15 bits per heavy atom. The molecule has 0 atom stereocenters. The Bertz CT molecular complexity index is 808. The summed E-state index contributed by atoms with van der Waals surface area (Å²) < 4.78 is 18.4. The number of nitrogens with one attached hydrogen (secondary N) is 1. The van der Waals surface area contributed by atoms with Gasteiger partial charge in [0.15, 0.2) is 6.61 Å². The lowest BCUT2D eigenvalue weighted by molar-refractivity contribution is -0.134. The number of halogens is 2. The van der Waals surface area contributed by atoms with E-state index in [9.17, 15) is 14.0 Å². The molecule has 2 amide bonds. The average Bonchev–Trinajstić information content (AvgIpc) is 2.68. The predicted octanol–water partition coefficient (Wildman–Crippen LogP) is 3.28. The number of piperidine rings is 1. The van der Waals surface area contributed by atoms with E-state index in [2.05, 4.69) is 5.32 Å². The molecule has 0 aliphatic carbocycles. The average molecular weight is 391 g/mol. The minimum absolute atomic E-state index is 0.0363. The summed E-state index contributed by atoms with van der Waals surface area (Å²) in [5.74, 6) is -0.451. The summed E-state index contributed by atoms with van der Waals surface area (Å²) in [5.41, 5.74) is 0.626. The molecule has 1 aliphatic rings. The summed E-state index contributed by atoms with van der Waals surface area (Å²) >= 11 is 5.89. The van der Waals surface area contributed by atoms with Gasteiger partial charge in [0.1, 0.15) is 11.6 Å². The number of hydrogen-bond donors (Lipinski definition) is 1. The summed E-state index contributed by atoms with van der Waals surface area (Å²) in [5, 5.41) is 3.13. The van der Waals surface area contributed by atoms with Gasteiger partial charge < -0.3 is 15.0 Å². The van der Waals surface area contributed by atoms with E-state index in [1.807, 2.05) is 18.2 Å². The zero-order valence-corrected chi connectivity index (χ0v) is 15.4. The van der Waals surface area contributed by atoms with Gasteiger partial charge in [0.25, 0.3) is 11.8 Å². The van der Waals surface area contributed by atoms with Crippen molar-refractivity contribution in [2.24, 2.45) is 0 Å². The van der Waals surface area contributed by atoms with Crippen molar-refractivity contribution in [2.45, 2.75) is 18.9 Å². The van der Waals surface area contributed by atoms with E-state index < -0.39 is 5.82 Å². The van der Waals surface area contributed by atoms with Crippen molar-refractivity contribution in [2.75, 3.05) is 19.7 Å². The predicted molar refractivity (Wildman–Crippen MR) is 100 cm³/mol. The Labute approximate surface area is 162 Å². The molecule has 1 N–H and O–H groups in total. The number of likely N-dealkylation sites (tertiary alicyclic amines) is 1. The topological polar surface area (TPSA) is 58.6 Å². The van der Waals surface area contributed by atoms with Crippen molar-refractivity contribution in [1.82, 2.24) is 10.2 Å². The molecule has 0 aromatic heterocycles. The molecule has 1 saturated heterocycles. The van der Waals surface area contributed by atoms with Crippen LogP contribution < -0.4 is 10.1 Å². The number of carbonyl (C=O) groups excluding carboxylic acids is 2. The smallest absolute Gasteiger partial charge is 0.260 e. The van der Waals surface area contributed by atoms with Crippen LogP contribution in [0.4, 0.5) is 4.39 Å². The lowest BCUT2D eigenvalue weighted by Crippen LogP contribution is -2.47. The molecule has 0 bridgehead atoms. The van der Waals surface area contributed by atoms with Crippen molar-refractivity contribution in [1.29, 1.82) is 0 Å². The highest BCUT2D eigenvalue weighted by Crippen LogP contribution is 2.25. The zero-order valence-electron chi connectivity index (χ0n) is 14.7. The highest BCUT2D eigenvalue weighted by molar-refractivity contribution is 6.32. The van der Waals surface area contributed by atoms with Crippen LogP contribution in [0, 0.1) is 5.82 Å². The first-order valence-corrected chi connectivity index (χ1v) is 9.12. The van der Waals surface area contributed by atoms with Crippen molar-refractivity contribution in [3.63, 3.8) is 0 Å². The van der Waals surface area contributed by atoms with Gasteiger partial charge in [0, 0.05) is 24.7 Å². The van der Waals surface area contributed by atoms with Crippen molar-refractivity contribution in [3.8, 4) is 5.75 Å². The van der Waals surface area contributed by atoms with Gasteiger partial charge in [0.2, 0.25) is 0 Å². The maximum Gasteiger partial charge on any atom is 0.260 e. The molecule has 5 nitrogen and oxygen atoms in total. The Kier molecular flexibility index (Phi) is 6.29. The first-order valence-electron chi connectivity index (χ1n) is 8.74. The molecule has 0 saturated carbocycles. The molecule has 3 rings (SSSR count). The summed E-state index contributed by atoms with van der Waals surface area (Å²) in [6.07, 6.45) is 1.36. The molecule has 2 aromatic carbocycles. The number of benzene rings is 2. The Morgan fingerprint density at radius 3 is 2.52 bits per heavy atom. The van der Waals surface area contributed by atoms with Gasteiger partial charge in [-0.3, -0.25) is 9.59 Å². The number of hydrogen-bond acceptors (Lipinski definition) is 3. The van der Waals surface area contributed by atoms with E-state index in [0.717, 1.165) is 6.07 Å². The van der Waals surface area contributed by atoms with Crippen LogP contribution in [0.15, 0.2) is 48.5 Å². The molecule has 27 heavy (non-hydrogen) atoms. The Balaban J connectivity index is 1.44. The minimum atomic E-state index is -0.460. The van der Waals surface area contributed by atoms with Gasteiger partial charge in [-0.1, -0.05) is 29.8 Å². The second kappa shape index (κ2) is 8.86. The summed E-state index contributed by atoms with van der Waals surface area (Å²) in [6.45, 7) is 0.921. The van der Waals surface area contributed by atoms with Gasteiger partial charge in [-0.05, 0) is 43.2 Å². The first kappa shape index (κ1) is 19.2. The highest BCUT2D eigenvalue weighted by atomic mass is 35.5. The maximum absolute atomic E-state index is 13.0. The van der Waals surface area contributed by atoms with Crippen LogP contribution in [-0.4, -0.2) is 42.5 Å². The van der Waals surface area contributed by atoms with Crippen LogP contribution in [-0.2, 0) is 4.79 Å². The summed E-state index contributed by atoms with van der Waals surface area (Å²) in [6, 6.07) is 12.9. The van der Waals surface area contributed by atoms with Gasteiger partial charge in [-0.25, -0.2) is 4.39 Å². The quantitative estimate of drug-likeness (QED) is 0.852. The van der Waals surface area contributed by atoms with Crippen LogP contribution >= 0.6 is 11.6 Å². The molecule has 7 heteroatoms. The van der Waals surface area contributed by atoms with Crippen LogP contribution in [0.3, 0.4) is 0 Å². The molecule has 0 radical (unpaired) electrons. The van der Waals surface area contributed by atoms with Crippen LogP contribution in [0.5, 0.6) is 5.75 Å². The van der Waals surface area contributed by atoms with E-state index in [4.69, 9.17) is 16.3 Å². The summed E-state index contributed by atoms with van der Waals surface area (Å²) in [4.78, 5) is 26.2. The van der Waals surface area contributed by atoms with E-state index >= 15 is 0 Å². The number of carbonyl (C=O) groups is 2. The molecule has 1 aliphatic heterocycles. The van der Waals surface area contributed by atoms with Crippen molar-refractivity contribution < 1.29 is 18.7 Å². The second-order valence-electron chi connectivity index (χ2n) is 6.36. The minimum Gasteiger partial charge on any atom is -0.482 e. The number of rotatable bonds is 5. The third-order valence-corrected chi connectivity index (χ3v) is 4.76. The SMILES string of the molecule is O=C(NC1CCN(C(=O)COc2ccc(F)cc2Cl)CC1)c1ccccc1. The highest BCUT2D eigenvalue weighted by Gasteiger charge is 2.24. The second-order valence-corrected chi connectivity index (χ2v) is 6.77. The molecular weight excluding hydrogens is 371 g/mol. The monoisotopic (exact) mass is 390 g/mol. The normalized spacial score (nSPS) is 14.7. The van der Waals surface area contributed by atoms with E-state index in [1.54, 1.807) is 17.0 Å². The third-order valence-electron chi connectivity index (χ3n) is 4.46. The molecule has 1 heterocycles. The molecule has 0 unspecified atom stereocenters. The van der Waals surface area contributed by atoms with Crippen molar-refractivity contribution >= 4 is 23.4 Å². The summed E-state index contributed by atoms with van der Waals surface area (Å²) in [7, 11) is 0. The fourth-order valence-electron chi connectivity index (χ4n) is 2.95. The number of ether oxygens (including phenoxy) is 1. The first-order chi connectivity index (χ1) is 13.0. The van der Waals surface area contributed by atoms with Crippen molar-refractivity contribution in [3.05, 3.63) is 64.9 Å². The molecular formula is C20H20ClFN2O3. The molecule has 1 fully saturated rings. The van der Waals surface area contributed by atoms with Gasteiger partial charge in [0.05, 0.1) is 5.02 Å². The maximum atomic E-state index is 13.0. The van der Waals surface area contributed by atoms with Crippen LogP contribution in [0.25, 0.3) is 0 Å². The largest absolute Gasteiger partial charge is 0.482 e. The lowest BCUT2D eigenvalue weighted by Gasteiger charge is -2.32. The Morgan fingerprint density at radius 2 is 1.85 bits per heavy atom. The van der Waals surface area contributed by atoms with Crippen LogP contribution in [0.1, 0.15) is 23.2 Å². The van der Waals surface area contributed by atoms with E-state index in [-0.39, 0.29) is 35.2 Å².